The summed E-state index contributed by atoms with van der Waals surface area (Å²) in [7, 11) is 2.24. The molecule has 74 valence electrons. The molecule has 1 N–H and O–H groups in total. The second kappa shape index (κ2) is 4.25. The highest BCUT2D eigenvalue weighted by atomic mass is 15.1. The van der Waals surface area contributed by atoms with Crippen LogP contribution in [0, 0.1) is 5.92 Å². The van der Waals surface area contributed by atoms with E-state index in [9.17, 15) is 0 Å². The first-order valence-electron chi connectivity index (χ1n) is 5.42. The third-order valence-corrected chi connectivity index (χ3v) is 3.16. The maximum atomic E-state index is 3.37. The van der Waals surface area contributed by atoms with Gasteiger partial charge in [0.1, 0.15) is 0 Å². The zero-order chi connectivity index (χ0) is 9.10. The molecule has 2 heteroatoms. The number of nitrogens with one attached hydrogen (secondary N) is 1. The molecule has 0 amide bonds. The monoisotopic (exact) mass is 180 g/mol. The molecule has 0 saturated carbocycles. The minimum atomic E-state index is 0.921. The van der Waals surface area contributed by atoms with Gasteiger partial charge in [-0.25, -0.2) is 0 Å². The lowest BCUT2D eigenvalue weighted by Crippen LogP contribution is -2.32. The Bertz CT molecular complexity index is 198. The van der Waals surface area contributed by atoms with Crippen molar-refractivity contribution in [2.45, 2.75) is 19.3 Å². The van der Waals surface area contributed by atoms with E-state index >= 15 is 0 Å². The van der Waals surface area contributed by atoms with Crippen molar-refractivity contribution in [2.24, 2.45) is 5.92 Å². The molecule has 0 aromatic heterocycles. The molecule has 2 aliphatic heterocycles. The molecule has 2 rings (SSSR count). The average Bonchev–Trinajstić information content (AvgIpc) is 2.57. The van der Waals surface area contributed by atoms with Gasteiger partial charge < -0.3 is 10.2 Å². The molecular weight excluding hydrogens is 160 g/mol. The zero-order valence-corrected chi connectivity index (χ0v) is 8.55. The summed E-state index contributed by atoms with van der Waals surface area (Å²) in [5, 5.41) is 3.37. The van der Waals surface area contributed by atoms with Crippen molar-refractivity contribution in [1.82, 2.24) is 10.2 Å². The van der Waals surface area contributed by atoms with Gasteiger partial charge in [-0.3, -0.25) is 0 Å². The van der Waals surface area contributed by atoms with Crippen LogP contribution in [0.25, 0.3) is 0 Å². The van der Waals surface area contributed by atoms with E-state index < -0.39 is 0 Å². The Morgan fingerprint density at radius 2 is 2.54 bits per heavy atom. The molecule has 13 heavy (non-hydrogen) atoms. The highest BCUT2D eigenvalue weighted by molar-refractivity contribution is 5.11. The summed E-state index contributed by atoms with van der Waals surface area (Å²) < 4.78 is 0. The summed E-state index contributed by atoms with van der Waals surface area (Å²) in [5.74, 6) is 0.921. The third kappa shape index (κ3) is 2.55. The molecule has 0 spiro atoms. The zero-order valence-electron chi connectivity index (χ0n) is 8.55. The smallest absolute Gasteiger partial charge is 0.0168 e. The van der Waals surface area contributed by atoms with Crippen LogP contribution in [0.4, 0.5) is 0 Å². The van der Waals surface area contributed by atoms with Crippen molar-refractivity contribution < 1.29 is 0 Å². The van der Waals surface area contributed by atoms with Gasteiger partial charge in [-0.2, -0.15) is 0 Å². The first-order chi connectivity index (χ1) is 6.34. The molecule has 0 aliphatic carbocycles. The molecule has 1 saturated heterocycles. The minimum absolute atomic E-state index is 0.921. The number of likely N-dealkylation sites (tertiary alicyclic amines) is 1. The Morgan fingerprint density at radius 3 is 3.23 bits per heavy atom. The van der Waals surface area contributed by atoms with E-state index in [2.05, 4.69) is 23.3 Å². The summed E-state index contributed by atoms with van der Waals surface area (Å²) in [6.45, 7) is 4.84. The molecule has 1 fully saturated rings. The Kier molecular flexibility index (Phi) is 3.01. The van der Waals surface area contributed by atoms with Gasteiger partial charge in [-0.1, -0.05) is 11.6 Å². The van der Waals surface area contributed by atoms with Crippen LogP contribution in [0.2, 0.25) is 0 Å². The van der Waals surface area contributed by atoms with Crippen LogP contribution in [0.15, 0.2) is 11.6 Å². The predicted octanol–water partition coefficient (Wildman–Crippen LogP) is 1.25. The summed E-state index contributed by atoms with van der Waals surface area (Å²) >= 11 is 0. The van der Waals surface area contributed by atoms with Crippen LogP contribution in [-0.4, -0.2) is 38.1 Å². The van der Waals surface area contributed by atoms with Crippen LogP contribution in [0.3, 0.4) is 0 Å². The Hall–Kier alpha value is -0.340. The maximum absolute atomic E-state index is 3.37. The number of hydrogen-bond donors (Lipinski definition) is 1. The second-order valence-corrected chi connectivity index (χ2v) is 4.47. The molecule has 0 bridgehead atoms. The number of hydrogen-bond acceptors (Lipinski definition) is 2. The minimum Gasteiger partial charge on any atom is -0.310 e. The van der Waals surface area contributed by atoms with Gasteiger partial charge in [-0.15, -0.1) is 0 Å². The van der Waals surface area contributed by atoms with Gasteiger partial charge >= 0.3 is 0 Å². The lowest BCUT2D eigenvalue weighted by molar-refractivity contribution is 0.209. The quantitative estimate of drug-likeness (QED) is 0.643. The van der Waals surface area contributed by atoms with Gasteiger partial charge in [0.2, 0.25) is 0 Å². The van der Waals surface area contributed by atoms with Crippen LogP contribution < -0.4 is 5.32 Å². The van der Waals surface area contributed by atoms with E-state index in [0.29, 0.717) is 0 Å². The number of nitrogens with zero attached hydrogens (tertiary/aromatic N) is 1. The van der Waals surface area contributed by atoms with Gasteiger partial charge in [0.05, 0.1) is 0 Å². The summed E-state index contributed by atoms with van der Waals surface area (Å²) in [6.07, 6.45) is 6.52. The van der Waals surface area contributed by atoms with E-state index in [4.69, 9.17) is 0 Å². The summed E-state index contributed by atoms with van der Waals surface area (Å²) in [6, 6.07) is 0. The fraction of sp³-hybridized carbons (Fsp3) is 0.818. The lowest BCUT2D eigenvalue weighted by Gasteiger charge is -2.29. The Labute approximate surface area is 81.0 Å². The van der Waals surface area contributed by atoms with Crippen molar-refractivity contribution in [1.29, 1.82) is 0 Å². The maximum Gasteiger partial charge on any atom is 0.0168 e. The largest absolute Gasteiger partial charge is 0.310 e. The van der Waals surface area contributed by atoms with E-state index in [0.717, 1.165) is 19.0 Å². The normalized spacial score (nSPS) is 30.5. The second-order valence-electron chi connectivity index (χ2n) is 4.47. The topological polar surface area (TPSA) is 15.3 Å². The van der Waals surface area contributed by atoms with Crippen molar-refractivity contribution >= 4 is 0 Å². The molecule has 1 unspecified atom stereocenters. The van der Waals surface area contributed by atoms with Crippen LogP contribution >= 0.6 is 0 Å². The molecule has 2 heterocycles. The molecule has 0 aromatic carbocycles. The molecule has 2 nitrogen and oxygen atoms in total. The molecule has 0 aromatic rings. The molecular formula is C11H20N2. The average molecular weight is 180 g/mol. The fourth-order valence-corrected chi connectivity index (χ4v) is 2.49. The van der Waals surface area contributed by atoms with Crippen LogP contribution in [-0.2, 0) is 0 Å². The first-order valence-corrected chi connectivity index (χ1v) is 5.42. The van der Waals surface area contributed by atoms with Crippen molar-refractivity contribution in [2.75, 3.05) is 33.2 Å². The highest BCUT2D eigenvalue weighted by Gasteiger charge is 2.18. The fourth-order valence-electron chi connectivity index (χ4n) is 2.49. The van der Waals surface area contributed by atoms with Gasteiger partial charge in [0, 0.05) is 19.6 Å². The molecule has 1 atom stereocenters. The van der Waals surface area contributed by atoms with Crippen molar-refractivity contribution in [3.05, 3.63) is 11.6 Å². The summed E-state index contributed by atoms with van der Waals surface area (Å²) in [4.78, 5) is 2.47. The van der Waals surface area contributed by atoms with Crippen LogP contribution in [0.5, 0.6) is 0 Å². The van der Waals surface area contributed by atoms with E-state index in [1.54, 1.807) is 5.57 Å². The van der Waals surface area contributed by atoms with Gasteiger partial charge in [0.25, 0.3) is 0 Å². The van der Waals surface area contributed by atoms with Crippen molar-refractivity contribution in [3.8, 4) is 0 Å². The van der Waals surface area contributed by atoms with Gasteiger partial charge in [0.15, 0.2) is 0 Å². The Morgan fingerprint density at radius 1 is 1.62 bits per heavy atom. The standard InChI is InChI=1S/C11H20N2/c1-13-6-2-3-11(9-13)7-10-4-5-12-8-10/h4,11-12H,2-3,5-9H2,1H3. The number of piperidine rings is 1. The molecule has 0 radical (unpaired) electrons. The van der Waals surface area contributed by atoms with Crippen molar-refractivity contribution in [3.63, 3.8) is 0 Å². The Balaban J connectivity index is 1.80. The predicted molar refractivity (Wildman–Crippen MR) is 55.8 cm³/mol. The van der Waals surface area contributed by atoms with Gasteiger partial charge in [-0.05, 0) is 38.8 Å². The highest BCUT2D eigenvalue weighted by Crippen LogP contribution is 2.22. The third-order valence-electron chi connectivity index (χ3n) is 3.16. The first kappa shape index (κ1) is 9.22. The van der Waals surface area contributed by atoms with E-state index in [1.165, 1.54) is 32.4 Å². The SMILES string of the molecule is CN1CCCC(CC2=CCNC2)C1. The molecule has 2 aliphatic rings. The summed E-state index contributed by atoms with van der Waals surface area (Å²) in [5.41, 5.74) is 1.64. The lowest BCUT2D eigenvalue weighted by atomic mass is 9.92. The van der Waals surface area contributed by atoms with Crippen LogP contribution in [0.1, 0.15) is 19.3 Å². The van der Waals surface area contributed by atoms with E-state index in [1.807, 2.05) is 0 Å². The number of rotatable bonds is 2. The van der Waals surface area contributed by atoms with E-state index in [-0.39, 0.29) is 0 Å².